The minimum Gasteiger partial charge on any atom is -0.334 e. The van der Waals surface area contributed by atoms with Crippen LogP contribution in [0.1, 0.15) is 36.0 Å². The number of piperidine rings is 1. The van der Waals surface area contributed by atoms with Gasteiger partial charge in [-0.15, -0.1) is 0 Å². The van der Waals surface area contributed by atoms with Gasteiger partial charge in [-0.05, 0) is 42.2 Å². The summed E-state index contributed by atoms with van der Waals surface area (Å²) in [5, 5.41) is 2.69. The van der Waals surface area contributed by atoms with Crippen LogP contribution >= 0.6 is 0 Å². The van der Waals surface area contributed by atoms with E-state index in [1.807, 2.05) is 0 Å². The molecule has 1 fully saturated rings. The zero-order valence-corrected chi connectivity index (χ0v) is 18.5. The van der Waals surface area contributed by atoms with Gasteiger partial charge in [-0.3, -0.25) is 0 Å². The van der Waals surface area contributed by atoms with E-state index in [9.17, 15) is 26.4 Å². The van der Waals surface area contributed by atoms with E-state index in [2.05, 4.69) is 5.32 Å². The lowest BCUT2D eigenvalue weighted by Gasteiger charge is -2.27. The van der Waals surface area contributed by atoms with Gasteiger partial charge in [-0.25, -0.2) is 13.2 Å². The topological polar surface area (TPSA) is 69.7 Å². The fraction of sp³-hybridized carbons (Fsp3) is 0.409. The highest BCUT2D eigenvalue weighted by Gasteiger charge is 2.30. The molecule has 2 amide bonds. The fourth-order valence-electron chi connectivity index (χ4n) is 3.60. The van der Waals surface area contributed by atoms with Gasteiger partial charge in [-0.2, -0.15) is 17.5 Å². The number of carbonyl (C=O) groups excluding carboxylic acids is 1. The number of alkyl halides is 3. The van der Waals surface area contributed by atoms with Crippen molar-refractivity contribution in [1.29, 1.82) is 0 Å². The van der Waals surface area contributed by atoms with Crippen molar-refractivity contribution in [3.05, 3.63) is 65.2 Å². The Kier molecular flexibility index (Phi) is 7.45. The molecule has 10 heteroatoms. The number of urea groups is 1. The highest BCUT2D eigenvalue weighted by molar-refractivity contribution is 7.89. The van der Waals surface area contributed by atoms with Crippen molar-refractivity contribution in [3.8, 4) is 0 Å². The molecule has 6 nitrogen and oxygen atoms in total. The number of carbonyl (C=O) groups is 1. The van der Waals surface area contributed by atoms with Crippen molar-refractivity contribution < 1.29 is 26.4 Å². The Balaban J connectivity index is 1.63. The lowest BCUT2D eigenvalue weighted by Crippen LogP contribution is -2.38. The Morgan fingerprint density at radius 3 is 2.28 bits per heavy atom. The Morgan fingerprint density at radius 1 is 1.03 bits per heavy atom. The van der Waals surface area contributed by atoms with Gasteiger partial charge >= 0.3 is 12.2 Å². The molecule has 0 spiro atoms. The van der Waals surface area contributed by atoms with Crippen LogP contribution < -0.4 is 5.32 Å². The molecule has 1 heterocycles. The van der Waals surface area contributed by atoms with Crippen LogP contribution in [-0.4, -0.2) is 43.8 Å². The van der Waals surface area contributed by atoms with Crippen molar-refractivity contribution in [2.45, 2.75) is 43.4 Å². The molecule has 2 aromatic carbocycles. The van der Waals surface area contributed by atoms with E-state index in [1.54, 1.807) is 18.2 Å². The lowest BCUT2D eigenvalue weighted by molar-refractivity contribution is -0.137. The van der Waals surface area contributed by atoms with Crippen molar-refractivity contribution in [1.82, 2.24) is 14.5 Å². The molecule has 0 aliphatic carbocycles. The second-order valence-electron chi connectivity index (χ2n) is 7.78. The van der Waals surface area contributed by atoms with Crippen molar-refractivity contribution in [2.75, 3.05) is 20.1 Å². The summed E-state index contributed by atoms with van der Waals surface area (Å²) in [7, 11) is -2.13. The molecule has 3 rings (SSSR count). The van der Waals surface area contributed by atoms with Crippen LogP contribution in [0.2, 0.25) is 0 Å². The SMILES string of the molecule is CN(Cc1ccc(C(F)(F)F)cc1)C(=O)NCc1ccccc1S(=O)(=O)N1CCCCC1. The summed E-state index contributed by atoms with van der Waals surface area (Å²) < 4.78 is 65.6. The summed E-state index contributed by atoms with van der Waals surface area (Å²) in [4.78, 5) is 14.0. The highest BCUT2D eigenvalue weighted by Crippen LogP contribution is 2.29. The number of sulfonamides is 1. The van der Waals surface area contributed by atoms with Gasteiger partial charge in [0.15, 0.2) is 0 Å². The predicted molar refractivity (Wildman–Crippen MR) is 114 cm³/mol. The number of amides is 2. The first kappa shape index (κ1) is 24.1. The third kappa shape index (κ3) is 5.80. The normalized spacial score (nSPS) is 15.4. The van der Waals surface area contributed by atoms with Gasteiger partial charge in [0.1, 0.15) is 0 Å². The fourth-order valence-corrected chi connectivity index (χ4v) is 5.34. The Bertz CT molecular complexity index is 1030. The summed E-state index contributed by atoms with van der Waals surface area (Å²) in [5.41, 5.74) is 0.276. The smallest absolute Gasteiger partial charge is 0.334 e. The monoisotopic (exact) mass is 469 g/mol. The summed E-state index contributed by atoms with van der Waals surface area (Å²) in [5.74, 6) is 0. The Hall–Kier alpha value is -2.59. The molecular weight excluding hydrogens is 443 g/mol. The molecule has 174 valence electrons. The quantitative estimate of drug-likeness (QED) is 0.689. The summed E-state index contributed by atoms with van der Waals surface area (Å²) in [6, 6.07) is 10.7. The van der Waals surface area contributed by atoms with Crippen LogP contribution in [-0.2, 0) is 29.3 Å². The van der Waals surface area contributed by atoms with E-state index in [0.29, 0.717) is 24.2 Å². The number of hydrogen-bond acceptors (Lipinski definition) is 3. The summed E-state index contributed by atoms with van der Waals surface area (Å²) in [6.45, 7) is 1.09. The maximum absolute atomic E-state index is 13.0. The molecule has 2 aromatic rings. The van der Waals surface area contributed by atoms with Crippen molar-refractivity contribution in [2.24, 2.45) is 0 Å². The molecule has 1 aliphatic heterocycles. The Labute approximate surface area is 186 Å². The number of hydrogen-bond donors (Lipinski definition) is 1. The zero-order chi connectivity index (χ0) is 23.4. The highest BCUT2D eigenvalue weighted by atomic mass is 32.2. The molecule has 0 atom stereocenters. The van der Waals surface area contributed by atoms with Crippen LogP contribution in [0.15, 0.2) is 53.4 Å². The maximum Gasteiger partial charge on any atom is 0.416 e. The number of benzene rings is 2. The standard InChI is InChI=1S/C22H26F3N3O3S/c1-27(16-17-9-11-19(12-10-17)22(23,24)25)21(29)26-15-18-7-3-4-8-20(18)32(30,31)28-13-5-2-6-14-28/h3-4,7-12H,2,5-6,13-16H2,1H3,(H,26,29). The van der Waals surface area contributed by atoms with Gasteiger partial charge in [0.05, 0.1) is 10.5 Å². The van der Waals surface area contributed by atoms with Crippen LogP contribution in [0.3, 0.4) is 0 Å². The number of nitrogens with one attached hydrogen (secondary N) is 1. The molecule has 0 aromatic heterocycles. The number of halogens is 3. The van der Waals surface area contributed by atoms with Gasteiger partial charge < -0.3 is 10.2 Å². The third-order valence-electron chi connectivity index (χ3n) is 5.38. The molecule has 1 saturated heterocycles. The van der Waals surface area contributed by atoms with Crippen molar-refractivity contribution >= 4 is 16.1 Å². The van der Waals surface area contributed by atoms with Crippen LogP contribution in [0.4, 0.5) is 18.0 Å². The second kappa shape index (κ2) is 9.91. The Morgan fingerprint density at radius 2 is 1.66 bits per heavy atom. The minimum atomic E-state index is -4.41. The van der Waals surface area contributed by atoms with E-state index in [4.69, 9.17) is 0 Å². The average Bonchev–Trinajstić information content (AvgIpc) is 2.78. The average molecular weight is 470 g/mol. The molecule has 0 saturated carbocycles. The minimum absolute atomic E-state index is 0.0133. The van der Waals surface area contributed by atoms with Gasteiger partial charge in [-0.1, -0.05) is 36.8 Å². The predicted octanol–water partition coefficient (Wildman–Crippen LogP) is 4.22. The van der Waals surface area contributed by atoms with Gasteiger partial charge in [0.25, 0.3) is 0 Å². The molecule has 0 unspecified atom stereocenters. The first-order valence-corrected chi connectivity index (χ1v) is 11.8. The van der Waals surface area contributed by atoms with Crippen LogP contribution in [0, 0.1) is 0 Å². The largest absolute Gasteiger partial charge is 0.416 e. The van der Waals surface area contributed by atoms with E-state index >= 15 is 0 Å². The molecule has 32 heavy (non-hydrogen) atoms. The lowest BCUT2D eigenvalue weighted by atomic mass is 10.1. The first-order chi connectivity index (χ1) is 15.1. The third-order valence-corrected chi connectivity index (χ3v) is 7.38. The first-order valence-electron chi connectivity index (χ1n) is 10.3. The van der Waals surface area contributed by atoms with Gasteiger partial charge in [0, 0.05) is 33.2 Å². The molecule has 1 N–H and O–H groups in total. The van der Waals surface area contributed by atoms with Gasteiger partial charge in [0.2, 0.25) is 10.0 Å². The molecule has 0 radical (unpaired) electrons. The maximum atomic E-state index is 13.0. The zero-order valence-electron chi connectivity index (χ0n) is 17.7. The second-order valence-corrected chi connectivity index (χ2v) is 9.69. The number of rotatable bonds is 6. The summed E-state index contributed by atoms with van der Waals surface area (Å²) >= 11 is 0. The van der Waals surface area contributed by atoms with E-state index < -0.39 is 27.8 Å². The number of nitrogens with zero attached hydrogens (tertiary/aromatic N) is 2. The molecular formula is C22H26F3N3O3S. The van der Waals surface area contributed by atoms with E-state index in [1.165, 1.54) is 34.5 Å². The summed E-state index contributed by atoms with van der Waals surface area (Å²) in [6.07, 6.45) is -1.75. The van der Waals surface area contributed by atoms with Crippen LogP contribution in [0.5, 0.6) is 0 Å². The van der Waals surface area contributed by atoms with Crippen molar-refractivity contribution in [3.63, 3.8) is 0 Å². The van der Waals surface area contributed by atoms with Crippen LogP contribution in [0.25, 0.3) is 0 Å². The molecule has 1 aliphatic rings. The molecule has 0 bridgehead atoms. The van der Waals surface area contributed by atoms with E-state index in [-0.39, 0.29) is 18.0 Å². The van der Waals surface area contributed by atoms with E-state index in [0.717, 1.165) is 31.4 Å².